The van der Waals surface area contributed by atoms with Crippen molar-refractivity contribution in [3.8, 4) is 6.07 Å². The zero-order chi connectivity index (χ0) is 10.4. The average molecular weight is 193 g/mol. The van der Waals surface area contributed by atoms with Crippen LogP contribution in [0.5, 0.6) is 0 Å². The van der Waals surface area contributed by atoms with Crippen LogP contribution in [0.2, 0.25) is 0 Å². The minimum atomic E-state index is -0.894. The third kappa shape index (κ3) is 1.04. The van der Waals surface area contributed by atoms with Crippen LogP contribution in [0.15, 0.2) is 0 Å². The average Bonchev–Trinajstić information content (AvgIpc) is 2.27. The molecule has 2 aliphatic carbocycles. The molecule has 2 aliphatic rings. The van der Waals surface area contributed by atoms with Gasteiger partial charge < -0.3 is 9.90 Å². The topological polar surface area (TPSA) is 61.1 Å². The minimum Gasteiger partial charge on any atom is -0.389 e. The highest BCUT2D eigenvalue weighted by Crippen LogP contribution is 2.58. The molecule has 2 fully saturated rings. The highest BCUT2D eigenvalue weighted by Gasteiger charge is 2.60. The van der Waals surface area contributed by atoms with Crippen molar-refractivity contribution in [1.82, 2.24) is 0 Å². The van der Waals surface area contributed by atoms with Crippen LogP contribution < -0.4 is 0 Å². The summed E-state index contributed by atoms with van der Waals surface area (Å²) in [4.78, 5) is 11.0. The third-order valence-corrected chi connectivity index (χ3v) is 4.08. The van der Waals surface area contributed by atoms with E-state index in [0.29, 0.717) is 12.8 Å². The van der Waals surface area contributed by atoms with E-state index in [0.717, 1.165) is 19.1 Å². The molecule has 0 spiro atoms. The van der Waals surface area contributed by atoms with Gasteiger partial charge in [-0.15, -0.1) is 0 Å². The van der Waals surface area contributed by atoms with Gasteiger partial charge in [-0.05, 0) is 31.1 Å². The standard InChI is InChI=1S/C11H15NO2/c1-10-3-2-4-11(14,7-10)9(6-13)8(10)5-12/h6,8-9,14H,2-4,7H2,1H3. The van der Waals surface area contributed by atoms with Crippen LogP contribution in [0.25, 0.3) is 0 Å². The number of aliphatic hydroxyl groups is 1. The Balaban J connectivity index is 2.43. The van der Waals surface area contributed by atoms with Crippen molar-refractivity contribution >= 4 is 6.29 Å². The van der Waals surface area contributed by atoms with Crippen molar-refractivity contribution in [2.75, 3.05) is 0 Å². The second kappa shape index (κ2) is 2.80. The Morgan fingerprint density at radius 1 is 1.57 bits per heavy atom. The molecule has 2 saturated carbocycles. The van der Waals surface area contributed by atoms with Gasteiger partial charge in [-0.1, -0.05) is 6.92 Å². The summed E-state index contributed by atoms with van der Waals surface area (Å²) in [6.45, 7) is 2.02. The van der Waals surface area contributed by atoms with Gasteiger partial charge in [0.15, 0.2) is 0 Å². The van der Waals surface area contributed by atoms with E-state index >= 15 is 0 Å². The summed E-state index contributed by atoms with van der Waals surface area (Å²) in [5, 5.41) is 19.3. The Hall–Kier alpha value is -0.880. The van der Waals surface area contributed by atoms with Crippen molar-refractivity contribution < 1.29 is 9.90 Å². The van der Waals surface area contributed by atoms with Gasteiger partial charge >= 0.3 is 0 Å². The molecule has 4 atom stereocenters. The van der Waals surface area contributed by atoms with Crippen LogP contribution in [0.4, 0.5) is 0 Å². The smallest absolute Gasteiger partial charge is 0.127 e. The molecule has 3 heteroatoms. The van der Waals surface area contributed by atoms with Gasteiger partial charge in [-0.3, -0.25) is 0 Å². The maximum atomic E-state index is 11.0. The molecule has 14 heavy (non-hydrogen) atoms. The molecule has 4 unspecified atom stereocenters. The SMILES string of the molecule is CC12CCCC(O)(C1)C(C=O)C2C#N. The Labute approximate surface area is 83.7 Å². The molecule has 0 aromatic carbocycles. The molecule has 0 amide bonds. The number of fused-ring (bicyclic) bond motifs is 2. The number of nitriles is 1. The zero-order valence-corrected chi connectivity index (χ0v) is 8.36. The number of nitrogens with zero attached hydrogens (tertiary/aromatic N) is 1. The number of carbonyl (C=O) groups is 1. The first-order valence-electron chi connectivity index (χ1n) is 5.13. The van der Waals surface area contributed by atoms with E-state index in [1.165, 1.54) is 0 Å². The number of hydrogen-bond donors (Lipinski definition) is 1. The van der Waals surface area contributed by atoms with Gasteiger partial charge in [0.25, 0.3) is 0 Å². The highest BCUT2D eigenvalue weighted by molar-refractivity contribution is 5.59. The van der Waals surface area contributed by atoms with E-state index in [4.69, 9.17) is 5.26 Å². The molecular formula is C11H15NO2. The number of hydrogen-bond acceptors (Lipinski definition) is 3. The lowest BCUT2D eigenvalue weighted by Gasteiger charge is -2.34. The summed E-state index contributed by atoms with van der Waals surface area (Å²) in [5.74, 6) is -0.771. The summed E-state index contributed by atoms with van der Waals surface area (Å²) in [6, 6.07) is 2.21. The Morgan fingerprint density at radius 2 is 2.29 bits per heavy atom. The van der Waals surface area contributed by atoms with Crippen molar-refractivity contribution in [3.63, 3.8) is 0 Å². The largest absolute Gasteiger partial charge is 0.389 e. The lowest BCUT2D eigenvalue weighted by Crippen LogP contribution is -2.36. The van der Waals surface area contributed by atoms with Crippen molar-refractivity contribution in [2.45, 2.75) is 38.2 Å². The lowest BCUT2D eigenvalue weighted by molar-refractivity contribution is -0.119. The molecule has 2 rings (SSSR count). The normalized spacial score (nSPS) is 51.2. The molecule has 1 N–H and O–H groups in total. The second-order valence-electron chi connectivity index (χ2n) is 5.06. The number of carbonyl (C=O) groups excluding carboxylic acids is 1. The van der Waals surface area contributed by atoms with Gasteiger partial charge in [0.05, 0.1) is 23.5 Å². The van der Waals surface area contributed by atoms with Crippen LogP contribution in [-0.4, -0.2) is 17.0 Å². The second-order valence-corrected chi connectivity index (χ2v) is 5.06. The summed E-state index contributed by atoms with van der Waals surface area (Å²) in [5.41, 5.74) is -1.04. The summed E-state index contributed by atoms with van der Waals surface area (Å²) >= 11 is 0. The predicted molar refractivity (Wildman–Crippen MR) is 50.2 cm³/mol. The molecule has 2 bridgehead atoms. The number of rotatable bonds is 1. The maximum Gasteiger partial charge on any atom is 0.127 e. The van der Waals surface area contributed by atoms with E-state index in [-0.39, 0.29) is 11.3 Å². The lowest BCUT2D eigenvalue weighted by atomic mass is 9.72. The van der Waals surface area contributed by atoms with Crippen LogP contribution in [0, 0.1) is 28.6 Å². The van der Waals surface area contributed by atoms with Gasteiger partial charge in [0.1, 0.15) is 6.29 Å². The van der Waals surface area contributed by atoms with E-state index in [1.807, 2.05) is 6.92 Å². The maximum absolute atomic E-state index is 11.0. The van der Waals surface area contributed by atoms with Crippen LogP contribution in [0.1, 0.15) is 32.6 Å². The molecule has 0 aliphatic heterocycles. The number of aldehydes is 1. The predicted octanol–water partition coefficient (Wildman–Crippen LogP) is 1.27. The zero-order valence-electron chi connectivity index (χ0n) is 8.36. The molecule has 0 heterocycles. The van der Waals surface area contributed by atoms with Gasteiger partial charge in [0.2, 0.25) is 0 Å². The minimum absolute atomic E-state index is 0.146. The molecule has 76 valence electrons. The van der Waals surface area contributed by atoms with Gasteiger partial charge in [0, 0.05) is 0 Å². The van der Waals surface area contributed by atoms with Gasteiger partial charge in [-0.25, -0.2) is 0 Å². The fraction of sp³-hybridized carbons (Fsp3) is 0.818. The summed E-state index contributed by atoms with van der Waals surface area (Å²) in [6.07, 6.45) is 3.95. The van der Waals surface area contributed by atoms with E-state index in [1.54, 1.807) is 0 Å². The monoisotopic (exact) mass is 193 g/mol. The van der Waals surface area contributed by atoms with Crippen LogP contribution in [-0.2, 0) is 4.79 Å². The fourth-order valence-electron chi connectivity index (χ4n) is 3.41. The first-order valence-corrected chi connectivity index (χ1v) is 5.13. The summed E-state index contributed by atoms with van der Waals surface area (Å²) < 4.78 is 0. The van der Waals surface area contributed by atoms with Gasteiger partial charge in [-0.2, -0.15) is 5.26 Å². The molecule has 0 radical (unpaired) electrons. The molecule has 0 saturated heterocycles. The van der Waals surface area contributed by atoms with Crippen molar-refractivity contribution in [2.24, 2.45) is 17.3 Å². The highest BCUT2D eigenvalue weighted by atomic mass is 16.3. The van der Waals surface area contributed by atoms with E-state index < -0.39 is 11.5 Å². The van der Waals surface area contributed by atoms with Crippen molar-refractivity contribution in [3.05, 3.63) is 0 Å². The van der Waals surface area contributed by atoms with E-state index in [2.05, 4.69) is 6.07 Å². The third-order valence-electron chi connectivity index (χ3n) is 4.08. The first kappa shape index (κ1) is 9.67. The van der Waals surface area contributed by atoms with Crippen LogP contribution in [0.3, 0.4) is 0 Å². The molecule has 0 aromatic rings. The first-order chi connectivity index (χ1) is 6.56. The van der Waals surface area contributed by atoms with E-state index in [9.17, 15) is 9.90 Å². The molecular weight excluding hydrogens is 178 g/mol. The molecule has 3 nitrogen and oxygen atoms in total. The van der Waals surface area contributed by atoms with Crippen LogP contribution >= 0.6 is 0 Å². The quantitative estimate of drug-likeness (QED) is 0.638. The Morgan fingerprint density at radius 3 is 2.86 bits per heavy atom. The Bertz CT molecular complexity index is 309. The van der Waals surface area contributed by atoms with Crippen molar-refractivity contribution in [1.29, 1.82) is 5.26 Å². The molecule has 0 aromatic heterocycles. The Kier molecular flexibility index (Phi) is 1.94. The summed E-state index contributed by atoms with van der Waals surface area (Å²) in [7, 11) is 0. The fourth-order valence-corrected chi connectivity index (χ4v) is 3.41.